The molecule has 26 heavy (non-hydrogen) atoms. The first-order chi connectivity index (χ1) is 12.3. The van der Waals surface area contributed by atoms with Crippen LogP contribution < -0.4 is 4.72 Å². The van der Waals surface area contributed by atoms with Gasteiger partial charge in [-0.15, -0.1) is 0 Å². The lowest BCUT2D eigenvalue weighted by Gasteiger charge is -2.18. The minimum Gasteiger partial charge on any atom is -0.467 e. The molecule has 0 saturated heterocycles. The number of sulfonamides is 1. The predicted octanol–water partition coefficient (Wildman–Crippen LogP) is 3.97. The molecule has 1 N–H and O–H groups in total. The molecule has 2 heterocycles. The molecule has 0 amide bonds. The van der Waals surface area contributed by atoms with Crippen molar-refractivity contribution in [1.29, 1.82) is 0 Å². The summed E-state index contributed by atoms with van der Waals surface area (Å²) < 4.78 is 35.2. The largest absolute Gasteiger partial charge is 0.467 e. The number of aromatic nitrogens is 2. The highest BCUT2D eigenvalue weighted by Gasteiger charge is 2.24. The zero-order valence-corrected chi connectivity index (χ0v) is 16.4. The van der Waals surface area contributed by atoms with E-state index in [0.717, 1.165) is 11.4 Å². The van der Waals surface area contributed by atoms with Crippen LogP contribution in [-0.4, -0.2) is 24.7 Å². The molecular weight excluding hydrogens is 397 g/mol. The number of benzene rings is 1. The normalized spacial score (nSPS) is 13.1. The lowest BCUT2D eigenvalue weighted by molar-refractivity contribution is 0.397. The Kier molecular flexibility index (Phi) is 5.43. The van der Waals surface area contributed by atoms with Crippen LogP contribution in [0.4, 0.5) is 0 Å². The summed E-state index contributed by atoms with van der Waals surface area (Å²) in [5, 5.41) is 4.83. The van der Waals surface area contributed by atoms with Gasteiger partial charge in [0, 0.05) is 17.3 Å². The summed E-state index contributed by atoms with van der Waals surface area (Å²) in [7, 11) is -3.86. The molecule has 0 aliphatic carbocycles. The fourth-order valence-electron chi connectivity index (χ4n) is 2.70. The van der Waals surface area contributed by atoms with Crippen molar-refractivity contribution in [3.8, 4) is 0 Å². The molecular formula is C17H17Cl2N3O3S. The summed E-state index contributed by atoms with van der Waals surface area (Å²) in [6.07, 6.45) is 1.54. The molecule has 1 aromatic carbocycles. The van der Waals surface area contributed by atoms with Gasteiger partial charge in [-0.2, -0.15) is 5.10 Å². The van der Waals surface area contributed by atoms with Crippen molar-refractivity contribution in [1.82, 2.24) is 14.5 Å². The van der Waals surface area contributed by atoms with Crippen LogP contribution in [0.1, 0.15) is 23.2 Å². The molecule has 0 aliphatic rings. The smallest absolute Gasteiger partial charge is 0.242 e. The molecule has 0 bridgehead atoms. The van der Waals surface area contributed by atoms with Crippen molar-refractivity contribution in [2.24, 2.45) is 0 Å². The van der Waals surface area contributed by atoms with Gasteiger partial charge in [-0.05, 0) is 50.2 Å². The van der Waals surface area contributed by atoms with Crippen molar-refractivity contribution in [2.75, 3.05) is 6.54 Å². The van der Waals surface area contributed by atoms with Gasteiger partial charge in [0.2, 0.25) is 10.0 Å². The Morgan fingerprint density at radius 3 is 2.62 bits per heavy atom. The Balaban J connectivity index is 1.91. The van der Waals surface area contributed by atoms with Crippen molar-refractivity contribution in [3.05, 3.63) is 69.9 Å². The number of rotatable bonds is 6. The summed E-state index contributed by atoms with van der Waals surface area (Å²) in [6.45, 7) is 3.82. The first-order valence-corrected chi connectivity index (χ1v) is 10.0. The average Bonchev–Trinajstić information content (AvgIpc) is 3.20. The molecule has 0 saturated carbocycles. The molecule has 0 fully saturated rings. The topological polar surface area (TPSA) is 77.1 Å². The SMILES string of the molecule is Cc1cc(C)n(C(CNS(=O)(=O)c2cc(Cl)ccc2Cl)c2ccco2)n1. The zero-order chi connectivity index (χ0) is 18.9. The molecule has 0 radical (unpaired) electrons. The van der Waals surface area contributed by atoms with Crippen LogP contribution >= 0.6 is 23.2 Å². The number of furan rings is 1. The van der Waals surface area contributed by atoms with Crippen molar-refractivity contribution in [3.63, 3.8) is 0 Å². The Bertz CT molecular complexity index is 1010. The first-order valence-electron chi connectivity index (χ1n) is 7.79. The number of nitrogens with one attached hydrogen (secondary N) is 1. The molecule has 0 spiro atoms. The molecule has 2 aromatic heterocycles. The molecule has 3 rings (SSSR count). The molecule has 0 aliphatic heterocycles. The van der Waals surface area contributed by atoms with Crippen LogP contribution in [0.2, 0.25) is 10.0 Å². The van der Waals surface area contributed by atoms with Crippen molar-refractivity contribution in [2.45, 2.75) is 24.8 Å². The maximum atomic E-state index is 12.7. The van der Waals surface area contributed by atoms with E-state index in [9.17, 15) is 8.42 Å². The van der Waals surface area contributed by atoms with Gasteiger partial charge < -0.3 is 4.42 Å². The van der Waals surface area contributed by atoms with E-state index in [4.69, 9.17) is 27.6 Å². The monoisotopic (exact) mass is 413 g/mol. The highest BCUT2D eigenvalue weighted by Crippen LogP contribution is 2.26. The Hall–Kier alpha value is -1.80. The average molecular weight is 414 g/mol. The number of nitrogens with zero attached hydrogens (tertiary/aromatic N) is 2. The van der Waals surface area contributed by atoms with E-state index in [1.165, 1.54) is 24.5 Å². The minimum atomic E-state index is -3.86. The van der Waals surface area contributed by atoms with E-state index >= 15 is 0 Å². The quantitative estimate of drug-likeness (QED) is 0.662. The summed E-state index contributed by atoms with van der Waals surface area (Å²) in [6, 6.07) is 9.30. The number of halogens is 2. The van der Waals surface area contributed by atoms with Crippen LogP contribution in [0, 0.1) is 13.8 Å². The minimum absolute atomic E-state index is 0.0423. The van der Waals surface area contributed by atoms with E-state index in [0.29, 0.717) is 5.76 Å². The predicted molar refractivity (Wildman–Crippen MR) is 100 cm³/mol. The Morgan fingerprint density at radius 1 is 1.23 bits per heavy atom. The summed E-state index contributed by atoms with van der Waals surface area (Å²) >= 11 is 11.9. The maximum Gasteiger partial charge on any atom is 0.242 e. The highest BCUT2D eigenvalue weighted by atomic mass is 35.5. The molecule has 138 valence electrons. The van der Waals surface area contributed by atoms with Crippen LogP contribution in [0.15, 0.2) is 52.0 Å². The van der Waals surface area contributed by atoms with E-state index in [1.54, 1.807) is 16.8 Å². The van der Waals surface area contributed by atoms with Crippen LogP contribution in [0.5, 0.6) is 0 Å². The lowest BCUT2D eigenvalue weighted by atomic mass is 10.2. The second-order valence-electron chi connectivity index (χ2n) is 5.83. The Labute approximate surface area is 161 Å². The van der Waals surface area contributed by atoms with Crippen LogP contribution in [0.3, 0.4) is 0 Å². The molecule has 3 aromatic rings. The number of hydrogen-bond acceptors (Lipinski definition) is 4. The summed E-state index contributed by atoms with van der Waals surface area (Å²) in [4.78, 5) is -0.0711. The molecule has 9 heteroatoms. The fraction of sp³-hybridized carbons (Fsp3) is 0.235. The Morgan fingerprint density at radius 2 is 2.00 bits per heavy atom. The van der Waals surface area contributed by atoms with Gasteiger partial charge in [0.25, 0.3) is 0 Å². The fourth-order valence-corrected chi connectivity index (χ4v) is 4.50. The summed E-state index contributed by atoms with van der Waals surface area (Å²) in [5.41, 5.74) is 1.73. The lowest BCUT2D eigenvalue weighted by Crippen LogP contribution is -2.32. The van der Waals surface area contributed by atoms with E-state index in [-0.39, 0.29) is 21.5 Å². The van der Waals surface area contributed by atoms with Gasteiger partial charge >= 0.3 is 0 Å². The van der Waals surface area contributed by atoms with Crippen LogP contribution in [0.25, 0.3) is 0 Å². The molecule has 1 unspecified atom stereocenters. The van der Waals surface area contributed by atoms with Crippen LogP contribution in [-0.2, 0) is 10.0 Å². The molecule has 6 nitrogen and oxygen atoms in total. The second-order valence-corrected chi connectivity index (χ2v) is 8.41. The van der Waals surface area contributed by atoms with E-state index in [1.807, 2.05) is 19.9 Å². The third kappa shape index (κ3) is 3.96. The zero-order valence-electron chi connectivity index (χ0n) is 14.1. The van der Waals surface area contributed by atoms with Gasteiger partial charge in [-0.25, -0.2) is 13.1 Å². The van der Waals surface area contributed by atoms with Gasteiger partial charge in [-0.3, -0.25) is 4.68 Å². The van der Waals surface area contributed by atoms with Crippen molar-refractivity contribution >= 4 is 33.2 Å². The van der Waals surface area contributed by atoms with E-state index in [2.05, 4.69) is 9.82 Å². The first kappa shape index (κ1) is 19.0. The third-order valence-electron chi connectivity index (χ3n) is 3.86. The third-order valence-corrected chi connectivity index (χ3v) is 6.00. The maximum absolute atomic E-state index is 12.7. The highest BCUT2D eigenvalue weighted by molar-refractivity contribution is 7.89. The number of aryl methyl sites for hydroxylation is 2. The standard InChI is InChI=1S/C17H17Cl2N3O3S/c1-11-8-12(2)22(21-11)15(16-4-3-7-25-16)10-20-26(23,24)17-9-13(18)5-6-14(17)19/h3-9,15,20H,10H2,1-2H3. The van der Waals surface area contributed by atoms with Gasteiger partial charge in [0.1, 0.15) is 16.7 Å². The van der Waals surface area contributed by atoms with Gasteiger partial charge in [-0.1, -0.05) is 23.2 Å². The summed E-state index contributed by atoms with van der Waals surface area (Å²) in [5.74, 6) is 0.594. The van der Waals surface area contributed by atoms with Gasteiger partial charge in [0.05, 0.1) is 17.0 Å². The van der Waals surface area contributed by atoms with E-state index < -0.39 is 16.1 Å². The van der Waals surface area contributed by atoms with Crippen molar-refractivity contribution < 1.29 is 12.8 Å². The van der Waals surface area contributed by atoms with Gasteiger partial charge in [0.15, 0.2) is 0 Å². The number of hydrogen-bond donors (Lipinski definition) is 1. The molecule has 1 atom stereocenters. The second kappa shape index (κ2) is 7.44.